The van der Waals surface area contributed by atoms with Gasteiger partial charge in [-0.1, -0.05) is 14.4 Å². The highest BCUT2D eigenvalue weighted by Crippen LogP contribution is 2.23. The zero-order chi connectivity index (χ0) is 21.0. The molecule has 0 unspecified atom stereocenters. The zero-order valence-electron chi connectivity index (χ0n) is 16.5. The van der Waals surface area contributed by atoms with Crippen LogP contribution in [0.25, 0.3) is 11.3 Å². The van der Waals surface area contributed by atoms with E-state index in [0.29, 0.717) is 25.2 Å². The molecule has 0 bridgehead atoms. The van der Waals surface area contributed by atoms with Crippen LogP contribution in [-0.4, -0.2) is 52.9 Å². The van der Waals surface area contributed by atoms with E-state index in [1.807, 2.05) is 11.8 Å². The van der Waals surface area contributed by atoms with Crippen LogP contribution in [0.3, 0.4) is 0 Å². The van der Waals surface area contributed by atoms with Gasteiger partial charge in [-0.05, 0) is 43.2 Å². The van der Waals surface area contributed by atoms with Gasteiger partial charge in [0.25, 0.3) is 0 Å². The Labute approximate surface area is 175 Å². The predicted molar refractivity (Wildman–Crippen MR) is 113 cm³/mol. The molecule has 0 radical (unpaired) electrons. The van der Waals surface area contributed by atoms with E-state index >= 15 is 0 Å². The maximum absolute atomic E-state index is 13.9. The molecule has 30 heavy (non-hydrogen) atoms. The number of amides is 3. The Kier molecular flexibility index (Phi) is 7.86. The number of anilines is 1. The fourth-order valence-electron chi connectivity index (χ4n) is 3.42. The van der Waals surface area contributed by atoms with Crippen molar-refractivity contribution in [3.63, 3.8) is 0 Å². The van der Waals surface area contributed by atoms with Crippen molar-refractivity contribution in [2.75, 3.05) is 25.5 Å². The molecular weight excluding hydrogens is 390 g/mol. The number of halogens is 2. The monoisotopic (exact) mass is 418 g/mol. The molecule has 6 nitrogen and oxygen atoms in total. The molecule has 0 saturated carbocycles. The number of piperidine rings is 1. The number of hydrogen-bond donors (Lipinski definition) is 1. The summed E-state index contributed by atoms with van der Waals surface area (Å²) >= 11 is 0. The Balaban J connectivity index is 0.00000320. The van der Waals surface area contributed by atoms with Crippen LogP contribution in [0.4, 0.5) is 19.3 Å². The highest BCUT2D eigenvalue weighted by Gasteiger charge is 2.27. The molecule has 1 aliphatic heterocycles. The van der Waals surface area contributed by atoms with Gasteiger partial charge in [0.1, 0.15) is 11.6 Å². The number of urea groups is 1. The summed E-state index contributed by atoms with van der Waals surface area (Å²) < 4.78 is 27.2. The lowest BCUT2D eigenvalue weighted by atomic mass is 10.0. The molecule has 3 rings (SSSR count). The second-order valence-electron chi connectivity index (χ2n) is 7.06. The first-order chi connectivity index (χ1) is 13.9. The lowest BCUT2D eigenvalue weighted by molar-refractivity contribution is -0.132. The standard InChI is InChI=1S/C21H24F2N4O2.CH4/c1-3-20(28)27-10-8-16(9-11-27)26(2)21(29)25-15-5-7-19(24-13-15)17-12-14(22)4-6-18(17)23;/h4-7,12-13,16H,3,8-11H2,1-2H3,(H,25,29);1H4. The van der Waals surface area contributed by atoms with Gasteiger partial charge < -0.3 is 15.1 Å². The molecule has 1 N–H and O–H groups in total. The molecule has 2 aromatic rings. The number of pyridine rings is 1. The number of hydrogen-bond acceptors (Lipinski definition) is 3. The second-order valence-corrected chi connectivity index (χ2v) is 7.06. The average Bonchev–Trinajstić information content (AvgIpc) is 2.75. The summed E-state index contributed by atoms with van der Waals surface area (Å²) in [4.78, 5) is 31.9. The molecule has 8 heteroatoms. The molecule has 1 aliphatic rings. The van der Waals surface area contributed by atoms with Gasteiger partial charge in [-0.25, -0.2) is 13.6 Å². The molecule has 1 fully saturated rings. The fourth-order valence-corrected chi connectivity index (χ4v) is 3.42. The Morgan fingerprint density at radius 3 is 2.50 bits per heavy atom. The van der Waals surface area contributed by atoms with Crippen molar-refractivity contribution in [1.82, 2.24) is 14.8 Å². The Morgan fingerprint density at radius 2 is 1.90 bits per heavy atom. The Morgan fingerprint density at radius 1 is 1.20 bits per heavy atom. The molecule has 0 spiro atoms. The third kappa shape index (κ3) is 5.31. The van der Waals surface area contributed by atoms with Crippen molar-refractivity contribution in [3.8, 4) is 11.3 Å². The maximum Gasteiger partial charge on any atom is 0.321 e. The molecule has 0 atom stereocenters. The van der Waals surface area contributed by atoms with Gasteiger partial charge in [-0.3, -0.25) is 9.78 Å². The van der Waals surface area contributed by atoms with E-state index in [9.17, 15) is 18.4 Å². The van der Waals surface area contributed by atoms with Crippen molar-refractivity contribution in [2.45, 2.75) is 39.7 Å². The summed E-state index contributed by atoms with van der Waals surface area (Å²) in [6, 6.07) is 6.08. The van der Waals surface area contributed by atoms with Crippen LogP contribution in [-0.2, 0) is 4.79 Å². The van der Waals surface area contributed by atoms with Gasteiger partial charge in [-0.2, -0.15) is 0 Å². The smallest absolute Gasteiger partial charge is 0.321 e. The van der Waals surface area contributed by atoms with E-state index < -0.39 is 11.6 Å². The van der Waals surface area contributed by atoms with Crippen molar-refractivity contribution < 1.29 is 18.4 Å². The van der Waals surface area contributed by atoms with Gasteiger partial charge in [0.2, 0.25) is 5.91 Å². The molecule has 1 aromatic heterocycles. The summed E-state index contributed by atoms with van der Waals surface area (Å²) in [5.41, 5.74) is 0.802. The molecule has 2 heterocycles. The van der Waals surface area contributed by atoms with E-state index in [2.05, 4.69) is 10.3 Å². The molecular formula is C22H28F2N4O2. The fraction of sp³-hybridized carbons (Fsp3) is 0.409. The van der Waals surface area contributed by atoms with E-state index in [1.54, 1.807) is 18.0 Å². The van der Waals surface area contributed by atoms with Crippen LogP contribution in [0.5, 0.6) is 0 Å². The number of nitrogens with one attached hydrogen (secondary N) is 1. The molecule has 162 valence electrons. The summed E-state index contributed by atoms with van der Waals surface area (Å²) in [5, 5.41) is 2.76. The van der Waals surface area contributed by atoms with Crippen LogP contribution < -0.4 is 5.32 Å². The number of nitrogens with zero attached hydrogens (tertiary/aromatic N) is 3. The Hall–Kier alpha value is -3.03. The number of carbonyl (C=O) groups is 2. The van der Waals surface area contributed by atoms with Gasteiger partial charge in [0, 0.05) is 38.2 Å². The molecule has 1 aromatic carbocycles. The van der Waals surface area contributed by atoms with Crippen molar-refractivity contribution >= 4 is 17.6 Å². The third-order valence-electron chi connectivity index (χ3n) is 5.21. The summed E-state index contributed by atoms with van der Waals surface area (Å²) in [6.07, 6.45) is 3.36. The van der Waals surface area contributed by atoms with Crippen LogP contribution in [0.2, 0.25) is 0 Å². The van der Waals surface area contributed by atoms with Crippen molar-refractivity contribution in [2.24, 2.45) is 0 Å². The highest BCUT2D eigenvalue weighted by atomic mass is 19.1. The summed E-state index contributed by atoms with van der Waals surface area (Å²) in [6.45, 7) is 3.13. The van der Waals surface area contributed by atoms with Gasteiger partial charge in [0.15, 0.2) is 0 Å². The number of aromatic nitrogens is 1. The SMILES string of the molecule is C.CCC(=O)N1CCC(N(C)C(=O)Nc2ccc(-c3cc(F)ccc3F)nc2)CC1. The number of carbonyl (C=O) groups excluding carboxylic acids is 2. The minimum atomic E-state index is -0.566. The van der Waals surface area contributed by atoms with Crippen LogP contribution >= 0.6 is 0 Å². The normalized spacial score (nSPS) is 14.1. The summed E-state index contributed by atoms with van der Waals surface area (Å²) in [5.74, 6) is -0.978. The van der Waals surface area contributed by atoms with E-state index in [4.69, 9.17) is 0 Å². The third-order valence-corrected chi connectivity index (χ3v) is 5.21. The van der Waals surface area contributed by atoms with E-state index in [-0.39, 0.29) is 36.7 Å². The van der Waals surface area contributed by atoms with Gasteiger partial charge in [0.05, 0.1) is 17.6 Å². The lowest BCUT2D eigenvalue weighted by Crippen LogP contribution is -2.48. The number of benzene rings is 1. The molecule has 3 amide bonds. The minimum Gasteiger partial charge on any atom is -0.343 e. The van der Waals surface area contributed by atoms with Gasteiger partial charge in [-0.15, -0.1) is 0 Å². The highest BCUT2D eigenvalue weighted by molar-refractivity contribution is 5.89. The van der Waals surface area contributed by atoms with Crippen molar-refractivity contribution in [3.05, 3.63) is 48.2 Å². The minimum absolute atomic E-state index is 0. The molecule has 0 aliphatic carbocycles. The quantitative estimate of drug-likeness (QED) is 0.794. The number of rotatable bonds is 4. The number of likely N-dealkylation sites (tertiary alicyclic amines) is 1. The van der Waals surface area contributed by atoms with Crippen LogP contribution in [0.1, 0.15) is 33.6 Å². The Bertz CT molecular complexity index is 881. The lowest BCUT2D eigenvalue weighted by Gasteiger charge is -2.36. The zero-order valence-corrected chi connectivity index (χ0v) is 16.5. The average molecular weight is 418 g/mol. The van der Waals surface area contributed by atoms with Gasteiger partial charge >= 0.3 is 6.03 Å². The molecule has 1 saturated heterocycles. The van der Waals surface area contributed by atoms with Crippen LogP contribution in [0.15, 0.2) is 36.5 Å². The topological polar surface area (TPSA) is 65.5 Å². The van der Waals surface area contributed by atoms with E-state index in [0.717, 1.165) is 31.0 Å². The largest absolute Gasteiger partial charge is 0.343 e. The second kappa shape index (κ2) is 10.1. The summed E-state index contributed by atoms with van der Waals surface area (Å²) in [7, 11) is 1.72. The van der Waals surface area contributed by atoms with E-state index in [1.165, 1.54) is 12.3 Å². The first kappa shape index (κ1) is 23.3. The first-order valence-corrected chi connectivity index (χ1v) is 9.62. The first-order valence-electron chi connectivity index (χ1n) is 9.62. The maximum atomic E-state index is 13.9. The van der Waals surface area contributed by atoms with Crippen molar-refractivity contribution in [1.29, 1.82) is 0 Å². The predicted octanol–water partition coefficient (Wildman–Crippen LogP) is 4.53. The van der Waals surface area contributed by atoms with Crippen LogP contribution in [0, 0.1) is 11.6 Å².